The molecule has 5 amide bonds. The molecule has 230 valence electrons. The number of nitrogens with one attached hydrogen (secondary N) is 3. The number of hydrogen-bond donors (Lipinski definition) is 4. The summed E-state index contributed by atoms with van der Waals surface area (Å²) in [6.45, 7) is 0.383. The van der Waals surface area contributed by atoms with Crippen molar-refractivity contribution in [2.24, 2.45) is 5.73 Å². The van der Waals surface area contributed by atoms with E-state index in [-0.39, 0.29) is 55.5 Å². The molecule has 0 bridgehead atoms. The number of carbonyl (C=O) groups excluding carboxylic acids is 5. The lowest BCUT2D eigenvalue weighted by Gasteiger charge is -2.37. The monoisotopic (exact) mass is 637 g/mol. The quantitative estimate of drug-likeness (QED) is 0.170. The number of urea groups is 1. The van der Waals surface area contributed by atoms with Crippen LogP contribution in [0.2, 0.25) is 10.0 Å². The first-order valence-electron chi connectivity index (χ1n) is 14.2. The van der Waals surface area contributed by atoms with E-state index in [1.54, 1.807) is 30.3 Å². The molecule has 0 radical (unpaired) electrons. The van der Waals surface area contributed by atoms with Crippen LogP contribution in [0.4, 0.5) is 10.5 Å². The van der Waals surface area contributed by atoms with Crippen LogP contribution in [0.1, 0.15) is 47.2 Å². The second-order valence-corrected chi connectivity index (χ2v) is 11.2. The fraction of sp³-hybridized carbons (Fsp3) is 0.281. The van der Waals surface area contributed by atoms with E-state index >= 15 is 0 Å². The summed E-state index contributed by atoms with van der Waals surface area (Å²) in [6.07, 6.45) is 0.670. The molecule has 10 nitrogen and oxygen atoms in total. The number of rotatable bonds is 12. The topological polar surface area (TPSA) is 151 Å². The van der Waals surface area contributed by atoms with Crippen LogP contribution in [0.15, 0.2) is 72.8 Å². The number of nitrogens with zero attached hydrogens (tertiary/aromatic N) is 1. The number of hydrogen-bond acceptors (Lipinski definition) is 5. The van der Waals surface area contributed by atoms with Gasteiger partial charge in [0.2, 0.25) is 17.7 Å². The number of benzene rings is 3. The minimum atomic E-state index is -1.01. The Labute approximate surface area is 265 Å². The van der Waals surface area contributed by atoms with Crippen LogP contribution in [-0.4, -0.2) is 53.1 Å². The van der Waals surface area contributed by atoms with Gasteiger partial charge in [0.05, 0.1) is 10.0 Å². The average molecular weight is 639 g/mol. The Bertz CT molecular complexity index is 1530. The van der Waals surface area contributed by atoms with E-state index < -0.39 is 29.9 Å². The highest BCUT2D eigenvalue weighted by atomic mass is 35.5. The third-order valence-electron chi connectivity index (χ3n) is 7.32. The van der Waals surface area contributed by atoms with E-state index in [1.165, 1.54) is 17.0 Å². The Morgan fingerprint density at radius 2 is 1.59 bits per heavy atom. The van der Waals surface area contributed by atoms with E-state index in [9.17, 15) is 24.0 Å². The molecule has 12 heteroatoms. The SMILES string of the molecule is NC(=O)NCCC[C@H](NC(=O)C1Cc2ccccc2CN1C(=O)CCC(=O)c1ccccc1)C(=O)Nc1ccc(Cl)c(Cl)c1. The predicted molar refractivity (Wildman–Crippen MR) is 168 cm³/mol. The van der Waals surface area contributed by atoms with Gasteiger partial charge in [-0.15, -0.1) is 0 Å². The first-order valence-corrected chi connectivity index (χ1v) is 14.9. The summed E-state index contributed by atoms with van der Waals surface area (Å²) in [5.41, 5.74) is 7.87. The van der Waals surface area contributed by atoms with Gasteiger partial charge in [-0.3, -0.25) is 19.2 Å². The zero-order chi connectivity index (χ0) is 31.6. The number of fused-ring (bicyclic) bond motifs is 1. The van der Waals surface area contributed by atoms with Gasteiger partial charge in [-0.1, -0.05) is 77.8 Å². The Hall–Kier alpha value is -4.41. The number of primary amides is 1. The van der Waals surface area contributed by atoms with Gasteiger partial charge >= 0.3 is 6.03 Å². The maximum absolute atomic E-state index is 13.8. The Balaban J connectivity index is 1.51. The molecule has 1 aliphatic rings. The van der Waals surface area contributed by atoms with Gasteiger partial charge in [-0.05, 0) is 42.2 Å². The lowest BCUT2D eigenvalue weighted by molar-refractivity contribution is -0.142. The number of halogens is 2. The standard InChI is InChI=1S/C32H33Cl2N5O5/c33-24-13-12-23(18-25(24)34)37-30(42)26(11-6-16-36-32(35)44)38-31(43)27-17-21-9-4-5-10-22(21)19-39(27)29(41)15-14-28(40)20-7-2-1-3-8-20/h1-5,7-10,12-13,18,26-27H,6,11,14-17,19H2,(H,37,42)(H,38,43)(H3,35,36,44)/t26-,27?/m0/s1. The molecule has 3 aromatic carbocycles. The second kappa shape index (κ2) is 15.4. The second-order valence-electron chi connectivity index (χ2n) is 10.4. The molecule has 2 atom stereocenters. The van der Waals surface area contributed by atoms with Crippen molar-refractivity contribution in [3.8, 4) is 0 Å². The molecule has 0 saturated carbocycles. The summed E-state index contributed by atoms with van der Waals surface area (Å²) in [6, 6.07) is 18.2. The molecule has 1 unspecified atom stereocenters. The fourth-order valence-electron chi connectivity index (χ4n) is 5.01. The smallest absolute Gasteiger partial charge is 0.312 e. The van der Waals surface area contributed by atoms with Crippen molar-refractivity contribution >= 4 is 58.4 Å². The van der Waals surface area contributed by atoms with Crippen LogP contribution in [0.3, 0.4) is 0 Å². The largest absolute Gasteiger partial charge is 0.352 e. The van der Waals surface area contributed by atoms with Crippen LogP contribution in [0, 0.1) is 0 Å². The molecule has 1 aliphatic heterocycles. The molecule has 0 saturated heterocycles. The van der Waals surface area contributed by atoms with Crippen LogP contribution < -0.4 is 21.7 Å². The first-order chi connectivity index (χ1) is 21.1. The first kappa shape index (κ1) is 32.5. The Morgan fingerprint density at radius 3 is 2.30 bits per heavy atom. The summed E-state index contributed by atoms with van der Waals surface area (Å²) in [7, 11) is 0. The third kappa shape index (κ3) is 8.81. The summed E-state index contributed by atoms with van der Waals surface area (Å²) >= 11 is 12.1. The molecule has 1 heterocycles. The van der Waals surface area contributed by atoms with E-state index in [4.69, 9.17) is 28.9 Å². The molecule has 4 rings (SSSR count). The van der Waals surface area contributed by atoms with E-state index in [0.29, 0.717) is 22.7 Å². The maximum Gasteiger partial charge on any atom is 0.312 e. The van der Waals surface area contributed by atoms with Gasteiger partial charge in [0.25, 0.3) is 0 Å². The summed E-state index contributed by atoms with van der Waals surface area (Å²) < 4.78 is 0. The Kier molecular flexibility index (Phi) is 11.3. The van der Waals surface area contributed by atoms with Crippen molar-refractivity contribution in [3.63, 3.8) is 0 Å². The van der Waals surface area contributed by atoms with E-state index in [1.807, 2.05) is 30.3 Å². The summed E-state index contributed by atoms with van der Waals surface area (Å²) in [5.74, 6) is -1.54. The number of Topliss-reactive ketones (excluding diaryl/α,β-unsaturated/α-hetero) is 1. The number of nitrogens with two attached hydrogens (primary N) is 1. The predicted octanol–water partition coefficient (Wildman–Crippen LogP) is 4.48. The Morgan fingerprint density at radius 1 is 0.886 bits per heavy atom. The van der Waals surface area contributed by atoms with Gasteiger partial charge in [0, 0.05) is 43.6 Å². The average Bonchev–Trinajstić information content (AvgIpc) is 3.02. The van der Waals surface area contributed by atoms with Gasteiger partial charge in [-0.25, -0.2) is 4.79 Å². The lowest BCUT2D eigenvalue weighted by Crippen LogP contribution is -2.56. The number of ketones is 1. The van der Waals surface area contributed by atoms with Gasteiger partial charge < -0.3 is 26.6 Å². The number of carbonyl (C=O) groups is 5. The zero-order valence-electron chi connectivity index (χ0n) is 23.9. The van der Waals surface area contributed by atoms with Crippen LogP contribution in [0.5, 0.6) is 0 Å². The lowest BCUT2D eigenvalue weighted by atomic mass is 9.92. The highest BCUT2D eigenvalue weighted by Gasteiger charge is 2.36. The zero-order valence-corrected chi connectivity index (χ0v) is 25.4. The van der Waals surface area contributed by atoms with E-state index in [2.05, 4.69) is 16.0 Å². The number of anilines is 1. The highest BCUT2D eigenvalue weighted by Crippen LogP contribution is 2.26. The minimum absolute atomic E-state index is 0.00310. The molecule has 0 aromatic heterocycles. The maximum atomic E-state index is 13.8. The molecule has 0 aliphatic carbocycles. The van der Waals surface area contributed by atoms with Crippen molar-refractivity contribution in [3.05, 3.63) is 99.5 Å². The number of amides is 5. The van der Waals surface area contributed by atoms with Gasteiger partial charge in [-0.2, -0.15) is 0 Å². The molecule has 3 aromatic rings. The minimum Gasteiger partial charge on any atom is -0.352 e. The van der Waals surface area contributed by atoms with Crippen molar-refractivity contribution in [1.29, 1.82) is 0 Å². The molecule has 0 fully saturated rings. The third-order valence-corrected chi connectivity index (χ3v) is 8.06. The van der Waals surface area contributed by atoms with Crippen molar-refractivity contribution < 1.29 is 24.0 Å². The summed E-state index contributed by atoms with van der Waals surface area (Å²) in [4.78, 5) is 65.9. The molecule has 5 N–H and O–H groups in total. The van der Waals surface area contributed by atoms with Gasteiger partial charge in [0.15, 0.2) is 5.78 Å². The molecular formula is C32H33Cl2N5O5. The van der Waals surface area contributed by atoms with Crippen LogP contribution in [-0.2, 0) is 27.3 Å². The normalized spacial score (nSPS) is 14.6. The summed E-state index contributed by atoms with van der Waals surface area (Å²) in [5, 5.41) is 8.59. The van der Waals surface area contributed by atoms with Crippen molar-refractivity contribution in [2.45, 2.75) is 50.7 Å². The van der Waals surface area contributed by atoms with E-state index in [0.717, 1.165) is 11.1 Å². The van der Waals surface area contributed by atoms with Crippen molar-refractivity contribution in [1.82, 2.24) is 15.5 Å². The van der Waals surface area contributed by atoms with Crippen molar-refractivity contribution in [2.75, 3.05) is 11.9 Å². The van der Waals surface area contributed by atoms with Crippen LogP contribution in [0.25, 0.3) is 0 Å². The van der Waals surface area contributed by atoms with Gasteiger partial charge in [0.1, 0.15) is 12.1 Å². The fourth-order valence-corrected chi connectivity index (χ4v) is 5.31. The molecular weight excluding hydrogens is 605 g/mol. The van der Waals surface area contributed by atoms with Crippen LogP contribution >= 0.6 is 23.2 Å². The molecule has 0 spiro atoms. The highest BCUT2D eigenvalue weighted by molar-refractivity contribution is 6.42. The molecule has 44 heavy (non-hydrogen) atoms.